The molecule has 0 spiro atoms. The van der Waals surface area contributed by atoms with E-state index < -0.39 is 0 Å². The van der Waals surface area contributed by atoms with Crippen LogP contribution in [0, 0.1) is 9.49 Å². The number of halogens is 2. The first-order chi connectivity index (χ1) is 9.12. The zero-order valence-corrected chi connectivity index (χ0v) is 15.1. The highest BCUT2D eigenvalue weighted by atomic mass is 127. The van der Waals surface area contributed by atoms with Gasteiger partial charge >= 0.3 is 0 Å². The fourth-order valence-electron chi connectivity index (χ4n) is 2.50. The average Bonchev–Trinajstić information content (AvgIpc) is 2.42. The topological polar surface area (TPSA) is 12.0 Å². The van der Waals surface area contributed by atoms with Gasteiger partial charge in [0.05, 0.1) is 0 Å². The van der Waals surface area contributed by atoms with Gasteiger partial charge in [0.15, 0.2) is 0 Å². The molecule has 0 aliphatic rings. The predicted molar refractivity (Wildman–Crippen MR) is 93.9 cm³/mol. The summed E-state index contributed by atoms with van der Waals surface area (Å²) < 4.78 is 1.30. The molecular weight excluding hydrogens is 369 g/mol. The Balaban J connectivity index is 2.78. The minimum Gasteiger partial charge on any atom is -0.313 e. The highest BCUT2D eigenvalue weighted by Gasteiger charge is 2.17. The highest BCUT2D eigenvalue weighted by molar-refractivity contribution is 14.1. The minimum atomic E-state index is 0.410. The van der Waals surface area contributed by atoms with Crippen molar-refractivity contribution in [3.05, 3.63) is 32.4 Å². The first-order valence-corrected chi connectivity index (χ1v) is 8.70. The molecule has 0 aliphatic heterocycles. The summed E-state index contributed by atoms with van der Waals surface area (Å²) in [6, 6.07) is 6.59. The molecule has 1 rings (SSSR count). The molecule has 0 bridgehead atoms. The third kappa shape index (κ3) is 5.60. The maximum atomic E-state index is 6.14. The molecule has 0 fully saturated rings. The van der Waals surface area contributed by atoms with Crippen LogP contribution in [0.3, 0.4) is 0 Å². The van der Waals surface area contributed by atoms with Gasteiger partial charge in [0.25, 0.3) is 0 Å². The third-order valence-corrected chi connectivity index (χ3v) is 5.01. The second-order valence-electron chi connectivity index (χ2n) is 5.16. The van der Waals surface area contributed by atoms with Crippen molar-refractivity contribution in [3.63, 3.8) is 0 Å². The first-order valence-electron chi connectivity index (χ1n) is 7.24. The van der Waals surface area contributed by atoms with Crippen molar-refractivity contribution in [2.24, 2.45) is 5.92 Å². The van der Waals surface area contributed by atoms with E-state index in [2.05, 4.69) is 53.9 Å². The zero-order chi connectivity index (χ0) is 14.3. The molecule has 0 heterocycles. The minimum absolute atomic E-state index is 0.410. The molecule has 2 unspecified atom stereocenters. The summed E-state index contributed by atoms with van der Waals surface area (Å²) >= 11 is 8.55. The molecule has 1 aromatic carbocycles. The quantitative estimate of drug-likeness (QED) is 0.549. The third-order valence-electron chi connectivity index (χ3n) is 3.79. The zero-order valence-electron chi connectivity index (χ0n) is 12.2. The normalized spacial score (nSPS) is 14.4. The molecule has 1 N–H and O–H groups in total. The van der Waals surface area contributed by atoms with Crippen LogP contribution in [-0.4, -0.2) is 7.05 Å². The summed E-state index contributed by atoms with van der Waals surface area (Å²) in [5, 5.41) is 4.29. The standard InChI is InChI=1S/C16H25ClIN/c1-4-6-7-12(5-2)10-16(19-3)14-11-13(17)8-9-15(14)18/h8-9,11-12,16,19H,4-7,10H2,1-3H3. The van der Waals surface area contributed by atoms with Crippen LogP contribution in [0.1, 0.15) is 57.6 Å². The predicted octanol–water partition coefficient (Wildman–Crippen LogP) is 5.81. The van der Waals surface area contributed by atoms with Crippen molar-refractivity contribution in [3.8, 4) is 0 Å². The SMILES string of the molecule is CCCCC(CC)CC(NC)c1cc(Cl)ccc1I. The number of benzene rings is 1. The van der Waals surface area contributed by atoms with Gasteiger partial charge in [0.1, 0.15) is 0 Å². The summed E-state index contributed by atoms with van der Waals surface area (Å²) in [5.74, 6) is 0.798. The van der Waals surface area contributed by atoms with Crippen LogP contribution in [0.2, 0.25) is 5.02 Å². The fraction of sp³-hybridized carbons (Fsp3) is 0.625. The Labute approximate surface area is 136 Å². The van der Waals surface area contributed by atoms with E-state index in [1.807, 2.05) is 13.1 Å². The Morgan fingerprint density at radius 1 is 1.32 bits per heavy atom. The van der Waals surface area contributed by atoms with Gasteiger partial charge in [0, 0.05) is 14.6 Å². The Morgan fingerprint density at radius 2 is 2.05 bits per heavy atom. The van der Waals surface area contributed by atoms with Gasteiger partial charge in [-0.05, 0) is 65.7 Å². The van der Waals surface area contributed by atoms with Gasteiger partial charge in [-0.2, -0.15) is 0 Å². The molecule has 108 valence electrons. The van der Waals surface area contributed by atoms with Crippen LogP contribution in [0.15, 0.2) is 18.2 Å². The molecule has 19 heavy (non-hydrogen) atoms. The van der Waals surface area contributed by atoms with E-state index in [-0.39, 0.29) is 0 Å². The van der Waals surface area contributed by atoms with Crippen molar-refractivity contribution in [1.29, 1.82) is 0 Å². The Bertz CT molecular complexity index is 381. The number of hydrogen-bond donors (Lipinski definition) is 1. The van der Waals surface area contributed by atoms with E-state index in [1.54, 1.807) is 0 Å². The lowest BCUT2D eigenvalue weighted by atomic mass is 9.89. The second kappa shape index (κ2) is 9.19. The molecular formula is C16H25ClIN. The van der Waals surface area contributed by atoms with Gasteiger partial charge in [0.2, 0.25) is 0 Å². The molecule has 2 atom stereocenters. The fourth-order valence-corrected chi connectivity index (χ4v) is 3.39. The average molecular weight is 394 g/mol. The largest absolute Gasteiger partial charge is 0.313 e. The Hall–Kier alpha value is 0.200. The number of nitrogens with one attached hydrogen (secondary N) is 1. The number of unbranched alkanes of at least 4 members (excludes halogenated alkanes) is 1. The molecule has 3 heteroatoms. The number of rotatable bonds is 8. The summed E-state index contributed by atoms with van der Waals surface area (Å²) in [4.78, 5) is 0. The van der Waals surface area contributed by atoms with Gasteiger partial charge < -0.3 is 5.32 Å². The van der Waals surface area contributed by atoms with Crippen molar-refractivity contribution in [2.45, 2.75) is 52.0 Å². The molecule has 1 aromatic rings. The molecule has 0 radical (unpaired) electrons. The van der Waals surface area contributed by atoms with E-state index in [9.17, 15) is 0 Å². The van der Waals surface area contributed by atoms with E-state index in [1.165, 1.54) is 41.2 Å². The van der Waals surface area contributed by atoms with Gasteiger partial charge in [-0.15, -0.1) is 0 Å². The van der Waals surface area contributed by atoms with E-state index >= 15 is 0 Å². The summed E-state index contributed by atoms with van der Waals surface area (Å²) in [6.07, 6.45) is 6.41. The molecule has 0 amide bonds. The van der Waals surface area contributed by atoms with Crippen LogP contribution in [0.4, 0.5) is 0 Å². The van der Waals surface area contributed by atoms with E-state index in [4.69, 9.17) is 11.6 Å². The Morgan fingerprint density at radius 3 is 2.63 bits per heavy atom. The van der Waals surface area contributed by atoms with Crippen molar-refractivity contribution >= 4 is 34.2 Å². The number of hydrogen-bond acceptors (Lipinski definition) is 1. The lowest BCUT2D eigenvalue weighted by Crippen LogP contribution is -2.21. The van der Waals surface area contributed by atoms with Crippen molar-refractivity contribution < 1.29 is 0 Å². The van der Waals surface area contributed by atoms with Gasteiger partial charge in [-0.1, -0.05) is 51.1 Å². The van der Waals surface area contributed by atoms with Crippen molar-refractivity contribution in [1.82, 2.24) is 5.32 Å². The van der Waals surface area contributed by atoms with Crippen LogP contribution >= 0.6 is 34.2 Å². The lowest BCUT2D eigenvalue weighted by molar-refractivity contribution is 0.364. The van der Waals surface area contributed by atoms with Gasteiger partial charge in [-0.3, -0.25) is 0 Å². The summed E-state index contributed by atoms with van der Waals surface area (Å²) in [7, 11) is 2.05. The maximum absolute atomic E-state index is 6.14. The van der Waals surface area contributed by atoms with Crippen LogP contribution in [-0.2, 0) is 0 Å². The smallest absolute Gasteiger partial charge is 0.0410 e. The van der Waals surface area contributed by atoms with Crippen LogP contribution < -0.4 is 5.32 Å². The van der Waals surface area contributed by atoms with Gasteiger partial charge in [-0.25, -0.2) is 0 Å². The van der Waals surface area contributed by atoms with E-state index in [0.717, 1.165) is 10.9 Å². The van der Waals surface area contributed by atoms with Crippen molar-refractivity contribution in [2.75, 3.05) is 7.05 Å². The maximum Gasteiger partial charge on any atom is 0.0410 e. The molecule has 1 nitrogen and oxygen atoms in total. The van der Waals surface area contributed by atoms with E-state index in [0.29, 0.717) is 6.04 Å². The van der Waals surface area contributed by atoms with Crippen LogP contribution in [0.25, 0.3) is 0 Å². The highest BCUT2D eigenvalue weighted by Crippen LogP contribution is 2.30. The Kier molecular flexibility index (Phi) is 8.35. The lowest BCUT2D eigenvalue weighted by Gasteiger charge is -2.24. The summed E-state index contributed by atoms with van der Waals surface area (Å²) in [5.41, 5.74) is 1.34. The molecule has 0 saturated heterocycles. The van der Waals surface area contributed by atoms with Crippen LogP contribution in [0.5, 0.6) is 0 Å². The molecule has 0 aromatic heterocycles. The molecule has 0 aliphatic carbocycles. The monoisotopic (exact) mass is 393 g/mol. The summed E-state index contributed by atoms with van der Waals surface area (Å²) in [6.45, 7) is 4.57. The first kappa shape index (κ1) is 17.3. The molecule has 0 saturated carbocycles. The second-order valence-corrected chi connectivity index (χ2v) is 6.76.